The Morgan fingerprint density at radius 2 is 1.94 bits per heavy atom. The van der Waals surface area contributed by atoms with Crippen LogP contribution in [0.25, 0.3) is 0 Å². The van der Waals surface area contributed by atoms with Gasteiger partial charge in [-0.1, -0.05) is 17.7 Å². The topological polar surface area (TPSA) is 42.6 Å². The van der Waals surface area contributed by atoms with Crippen molar-refractivity contribution in [1.82, 2.24) is 0 Å². The quantitative estimate of drug-likeness (QED) is 0.919. The van der Waals surface area contributed by atoms with Gasteiger partial charge in [0.2, 0.25) is 0 Å². The molecule has 3 nitrogen and oxygen atoms in total. The molecule has 0 aliphatic heterocycles. The summed E-state index contributed by atoms with van der Waals surface area (Å²) in [5, 5.41) is 9.36. The number of benzene rings is 1. The molecule has 0 fully saturated rings. The Balaban J connectivity index is 1.97. The Morgan fingerprint density at radius 1 is 1.22 bits per heavy atom. The fourth-order valence-corrected chi connectivity index (χ4v) is 1.92. The Kier molecular flexibility index (Phi) is 4.44. The van der Waals surface area contributed by atoms with E-state index in [2.05, 4.69) is 15.9 Å². The van der Waals surface area contributed by atoms with Gasteiger partial charge in [-0.3, -0.25) is 0 Å². The van der Waals surface area contributed by atoms with E-state index >= 15 is 0 Å². The van der Waals surface area contributed by atoms with E-state index in [0.29, 0.717) is 11.3 Å². The molecule has 0 spiro atoms. The summed E-state index contributed by atoms with van der Waals surface area (Å²) in [6.07, 6.45) is 0. The molecular weight excluding hydrogens is 296 g/mol. The summed E-state index contributed by atoms with van der Waals surface area (Å²) in [5.74, 6) is 1.36. The Morgan fingerprint density at radius 3 is 2.50 bits per heavy atom. The van der Waals surface area contributed by atoms with Crippen LogP contribution in [0.2, 0.25) is 0 Å². The molecule has 1 heterocycles. The lowest BCUT2D eigenvalue weighted by Crippen LogP contribution is -2.13. The minimum absolute atomic E-state index is 0.00812. The van der Waals surface area contributed by atoms with Crippen molar-refractivity contribution in [3.63, 3.8) is 0 Å². The number of aliphatic hydroxyl groups excluding tert-OH is 1. The normalized spacial score (nSPS) is 12.4. The Hall–Kier alpha value is -1.26. The Labute approximate surface area is 115 Å². The third kappa shape index (κ3) is 3.37. The molecule has 0 aliphatic carbocycles. The molecule has 18 heavy (non-hydrogen) atoms. The lowest BCUT2D eigenvalue weighted by molar-refractivity contribution is 0.189. The van der Waals surface area contributed by atoms with Gasteiger partial charge in [-0.2, -0.15) is 0 Å². The average Bonchev–Trinajstić information content (AvgIpc) is 2.79. The smallest absolute Gasteiger partial charge is 0.169 e. The van der Waals surface area contributed by atoms with Gasteiger partial charge in [0.1, 0.15) is 18.1 Å². The number of hydrogen-bond donors (Lipinski definition) is 1. The maximum absolute atomic E-state index is 9.36. The highest BCUT2D eigenvalue weighted by atomic mass is 79.9. The van der Waals surface area contributed by atoms with Crippen molar-refractivity contribution >= 4 is 15.9 Å². The van der Waals surface area contributed by atoms with Crippen LogP contribution >= 0.6 is 15.9 Å². The molecule has 1 N–H and O–H groups in total. The molecule has 2 rings (SSSR count). The molecule has 1 atom stereocenters. The van der Waals surface area contributed by atoms with Crippen molar-refractivity contribution in [1.29, 1.82) is 0 Å². The molecule has 96 valence electrons. The van der Waals surface area contributed by atoms with Crippen LogP contribution in [-0.4, -0.2) is 18.3 Å². The number of ether oxygens (including phenoxy) is 1. The summed E-state index contributed by atoms with van der Waals surface area (Å²) in [6.45, 7) is 2.41. The molecule has 0 saturated heterocycles. The van der Waals surface area contributed by atoms with Crippen molar-refractivity contribution in [2.24, 2.45) is 0 Å². The fourth-order valence-electron chi connectivity index (χ4n) is 1.60. The molecule has 1 unspecified atom stereocenters. The van der Waals surface area contributed by atoms with Gasteiger partial charge in [-0.15, -0.1) is 0 Å². The van der Waals surface area contributed by atoms with Crippen LogP contribution in [0.15, 0.2) is 45.5 Å². The van der Waals surface area contributed by atoms with Crippen LogP contribution in [0.3, 0.4) is 0 Å². The van der Waals surface area contributed by atoms with Gasteiger partial charge in [0.05, 0.1) is 12.5 Å². The van der Waals surface area contributed by atoms with E-state index < -0.39 is 0 Å². The van der Waals surface area contributed by atoms with Crippen molar-refractivity contribution in [2.45, 2.75) is 12.8 Å². The van der Waals surface area contributed by atoms with Crippen molar-refractivity contribution < 1.29 is 14.3 Å². The predicted molar refractivity (Wildman–Crippen MR) is 72.9 cm³/mol. The van der Waals surface area contributed by atoms with Gasteiger partial charge in [-0.05, 0) is 47.1 Å². The molecule has 2 aromatic rings. The van der Waals surface area contributed by atoms with E-state index in [1.807, 2.05) is 43.3 Å². The standard InChI is InChI=1S/C14H15BrO3/c1-10-2-4-12(5-3-10)17-9-11(8-16)13-6-7-14(15)18-13/h2-7,11,16H,8-9H2,1H3. The van der Waals surface area contributed by atoms with E-state index in [4.69, 9.17) is 9.15 Å². The highest BCUT2D eigenvalue weighted by Gasteiger charge is 2.15. The molecule has 4 heteroatoms. The second kappa shape index (κ2) is 6.07. The first kappa shape index (κ1) is 13.2. The zero-order valence-corrected chi connectivity index (χ0v) is 11.7. The van der Waals surface area contributed by atoms with E-state index in [1.54, 1.807) is 0 Å². The summed E-state index contributed by atoms with van der Waals surface area (Å²) in [7, 11) is 0. The van der Waals surface area contributed by atoms with Gasteiger partial charge < -0.3 is 14.3 Å². The predicted octanol–water partition coefficient (Wildman–Crippen LogP) is 3.51. The molecule has 0 amide bonds. The molecule has 1 aromatic heterocycles. The lowest BCUT2D eigenvalue weighted by atomic mass is 10.1. The van der Waals surface area contributed by atoms with Gasteiger partial charge >= 0.3 is 0 Å². The highest BCUT2D eigenvalue weighted by molar-refractivity contribution is 9.10. The summed E-state index contributed by atoms with van der Waals surface area (Å²) < 4.78 is 11.7. The number of rotatable bonds is 5. The maximum Gasteiger partial charge on any atom is 0.169 e. The first-order valence-corrected chi connectivity index (χ1v) is 6.54. The number of halogens is 1. The maximum atomic E-state index is 9.36. The second-order valence-electron chi connectivity index (χ2n) is 4.15. The SMILES string of the molecule is Cc1ccc(OCC(CO)c2ccc(Br)o2)cc1. The van der Waals surface area contributed by atoms with E-state index in [-0.39, 0.29) is 12.5 Å². The number of furan rings is 1. The van der Waals surface area contributed by atoms with Crippen LogP contribution in [-0.2, 0) is 0 Å². The Bertz CT molecular complexity index is 490. The number of aliphatic hydroxyl groups is 1. The first-order chi connectivity index (χ1) is 8.69. The van der Waals surface area contributed by atoms with E-state index in [9.17, 15) is 5.11 Å². The third-order valence-electron chi connectivity index (χ3n) is 2.69. The van der Waals surface area contributed by atoms with Crippen LogP contribution in [0, 0.1) is 6.92 Å². The zero-order valence-electron chi connectivity index (χ0n) is 10.1. The molecular formula is C14H15BrO3. The summed E-state index contributed by atoms with van der Waals surface area (Å²) in [5.41, 5.74) is 1.19. The average molecular weight is 311 g/mol. The summed E-state index contributed by atoms with van der Waals surface area (Å²) >= 11 is 3.24. The monoisotopic (exact) mass is 310 g/mol. The molecule has 1 aromatic carbocycles. The molecule has 0 saturated carbocycles. The van der Waals surface area contributed by atoms with Crippen LogP contribution in [0.4, 0.5) is 0 Å². The van der Waals surface area contributed by atoms with Gasteiger partial charge in [0.15, 0.2) is 4.67 Å². The molecule has 0 radical (unpaired) electrons. The van der Waals surface area contributed by atoms with Gasteiger partial charge in [0, 0.05) is 0 Å². The second-order valence-corrected chi connectivity index (χ2v) is 4.93. The zero-order chi connectivity index (χ0) is 13.0. The van der Waals surface area contributed by atoms with Crippen LogP contribution in [0.1, 0.15) is 17.2 Å². The van der Waals surface area contributed by atoms with Gasteiger partial charge in [-0.25, -0.2) is 0 Å². The minimum atomic E-state index is -0.155. The van der Waals surface area contributed by atoms with Gasteiger partial charge in [0.25, 0.3) is 0 Å². The third-order valence-corrected chi connectivity index (χ3v) is 3.12. The van der Waals surface area contributed by atoms with Crippen LogP contribution in [0.5, 0.6) is 5.75 Å². The highest BCUT2D eigenvalue weighted by Crippen LogP contribution is 2.23. The van der Waals surface area contributed by atoms with Crippen molar-refractivity contribution in [3.8, 4) is 5.75 Å². The van der Waals surface area contributed by atoms with Crippen molar-refractivity contribution in [2.75, 3.05) is 13.2 Å². The molecule has 0 aliphatic rings. The lowest BCUT2D eigenvalue weighted by Gasteiger charge is -2.13. The van der Waals surface area contributed by atoms with E-state index in [0.717, 1.165) is 11.5 Å². The summed E-state index contributed by atoms with van der Waals surface area (Å²) in [4.78, 5) is 0. The number of hydrogen-bond acceptors (Lipinski definition) is 3. The summed E-state index contributed by atoms with van der Waals surface area (Å²) in [6, 6.07) is 11.5. The fraction of sp³-hybridized carbons (Fsp3) is 0.286. The first-order valence-electron chi connectivity index (χ1n) is 5.74. The van der Waals surface area contributed by atoms with Crippen LogP contribution < -0.4 is 4.74 Å². The molecule has 0 bridgehead atoms. The largest absolute Gasteiger partial charge is 0.493 e. The van der Waals surface area contributed by atoms with Crippen molar-refractivity contribution in [3.05, 3.63) is 52.4 Å². The number of aryl methyl sites for hydroxylation is 1. The van der Waals surface area contributed by atoms with E-state index in [1.165, 1.54) is 5.56 Å². The minimum Gasteiger partial charge on any atom is -0.493 e.